The Bertz CT molecular complexity index is 122. The van der Waals surface area contributed by atoms with Crippen molar-refractivity contribution >= 4 is 5.91 Å². The van der Waals surface area contributed by atoms with E-state index in [9.17, 15) is 4.79 Å². The Morgan fingerprint density at radius 1 is 1.50 bits per heavy atom. The number of ether oxygens (including phenoxy) is 2. The summed E-state index contributed by atoms with van der Waals surface area (Å²) >= 11 is 0. The van der Waals surface area contributed by atoms with Crippen LogP contribution in [0.5, 0.6) is 0 Å². The summed E-state index contributed by atoms with van der Waals surface area (Å²) in [5, 5.41) is 0. The van der Waals surface area contributed by atoms with Crippen LogP contribution in [0.2, 0.25) is 0 Å². The van der Waals surface area contributed by atoms with E-state index in [1.54, 1.807) is 4.90 Å². The van der Waals surface area contributed by atoms with Gasteiger partial charge in [-0.15, -0.1) is 0 Å². The average Bonchev–Trinajstić information content (AvgIpc) is 1.88. The Morgan fingerprint density at radius 2 is 2.10 bits per heavy atom. The van der Waals surface area contributed by atoms with Crippen molar-refractivity contribution in [1.82, 2.24) is 4.90 Å². The van der Waals surface area contributed by atoms with Gasteiger partial charge in [-0.05, 0) is 0 Å². The molecule has 10 heavy (non-hydrogen) atoms. The Balaban J connectivity index is 2.19. The van der Waals surface area contributed by atoms with Gasteiger partial charge in [0.15, 0.2) is 0 Å². The molecule has 0 aromatic rings. The third-order valence-electron chi connectivity index (χ3n) is 1.09. The minimum Gasteiger partial charge on any atom is -0.369 e. The van der Waals surface area contributed by atoms with E-state index in [1.165, 1.54) is 0 Å². The van der Waals surface area contributed by atoms with Gasteiger partial charge in [-0.3, -0.25) is 4.79 Å². The zero-order valence-corrected chi connectivity index (χ0v) is 5.58. The summed E-state index contributed by atoms with van der Waals surface area (Å²) in [5.74, 6) is -0.367. The van der Waals surface area contributed by atoms with Gasteiger partial charge >= 0.3 is 0 Å². The summed E-state index contributed by atoms with van der Waals surface area (Å²) in [6, 6.07) is 0. The lowest BCUT2D eigenvalue weighted by Gasteiger charge is -2.24. The first-order valence-electron chi connectivity index (χ1n) is 2.95. The second kappa shape index (κ2) is 3.50. The highest BCUT2D eigenvalue weighted by atomic mass is 16.7. The standard InChI is InChI=1S/C5H10N2O3/c6-5(8)1-7-2-9-4-10-3-7/h1-4H2,(H2,6,8). The third-order valence-corrected chi connectivity index (χ3v) is 1.09. The molecule has 1 aliphatic rings. The summed E-state index contributed by atoms with van der Waals surface area (Å²) in [7, 11) is 0. The molecule has 58 valence electrons. The molecular weight excluding hydrogens is 136 g/mol. The SMILES string of the molecule is NC(=O)CN1COCOC1. The smallest absolute Gasteiger partial charge is 0.231 e. The Labute approximate surface area is 58.7 Å². The van der Waals surface area contributed by atoms with Crippen LogP contribution < -0.4 is 5.73 Å². The molecule has 0 radical (unpaired) electrons. The van der Waals surface area contributed by atoms with Crippen LogP contribution in [0.25, 0.3) is 0 Å². The second-order valence-corrected chi connectivity index (χ2v) is 2.08. The van der Waals surface area contributed by atoms with Crippen LogP contribution in [0, 0.1) is 0 Å². The van der Waals surface area contributed by atoms with Gasteiger partial charge in [0.05, 0.1) is 6.54 Å². The molecular formula is C5H10N2O3. The predicted molar refractivity (Wildman–Crippen MR) is 32.7 cm³/mol. The van der Waals surface area contributed by atoms with Gasteiger partial charge in [0, 0.05) is 0 Å². The quantitative estimate of drug-likeness (QED) is 0.525. The first kappa shape index (κ1) is 7.46. The molecule has 5 heteroatoms. The molecule has 1 fully saturated rings. The lowest BCUT2D eigenvalue weighted by molar-refractivity contribution is -0.183. The van der Waals surface area contributed by atoms with Crippen molar-refractivity contribution in [3.05, 3.63) is 0 Å². The van der Waals surface area contributed by atoms with Crippen molar-refractivity contribution in [2.24, 2.45) is 5.73 Å². The molecule has 0 saturated carbocycles. The molecule has 0 atom stereocenters. The van der Waals surface area contributed by atoms with E-state index in [2.05, 4.69) is 0 Å². The maximum atomic E-state index is 10.3. The van der Waals surface area contributed by atoms with Crippen LogP contribution in [-0.2, 0) is 14.3 Å². The van der Waals surface area contributed by atoms with Crippen molar-refractivity contribution in [1.29, 1.82) is 0 Å². The van der Waals surface area contributed by atoms with E-state index in [0.717, 1.165) is 0 Å². The van der Waals surface area contributed by atoms with Gasteiger partial charge in [-0.2, -0.15) is 0 Å². The molecule has 1 rings (SSSR count). The molecule has 0 unspecified atom stereocenters. The number of amides is 1. The van der Waals surface area contributed by atoms with Crippen molar-refractivity contribution in [3.63, 3.8) is 0 Å². The monoisotopic (exact) mass is 146 g/mol. The largest absolute Gasteiger partial charge is 0.369 e. The summed E-state index contributed by atoms with van der Waals surface area (Å²) in [6.07, 6.45) is 0. The number of primary amides is 1. The molecule has 0 aliphatic carbocycles. The Hall–Kier alpha value is -0.650. The van der Waals surface area contributed by atoms with E-state index in [4.69, 9.17) is 15.2 Å². The number of nitrogens with two attached hydrogens (primary N) is 1. The minimum absolute atomic E-state index is 0.194. The van der Waals surface area contributed by atoms with E-state index >= 15 is 0 Å². The average molecular weight is 146 g/mol. The Kier molecular flexibility index (Phi) is 2.61. The van der Waals surface area contributed by atoms with Crippen LogP contribution in [0.4, 0.5) is 0 Å². The molecule has 0 bridgehead atoms. The van der Waals surface area contributed by atoms with Gasteiger partial charge in [0.25, 0.3) is 0 Å². The van der Waals surface area contributed by atoms with Crippen molar-refractivity contribution < 1.29 is 14.3 Å². The molecule has 0 aromatic heterocycles. The molecule has 1 saturated heterocycles. The maximum absolute atomic E-state index is 10.3. The number of rotatable bonds is 2. The van der Waals surface area contributed by atoms with Gasteiger partial charge in [-0.25, -0.2) is 4.90 Å². The molecule has 0 spiro atoms. The fourth-order valence-electron chi connectivity index (χ4n) is 0.741. The van der Waals surface area contributed by atoms with E-state index < -0.39 is 0 Å². The van der Waals surface area contributed by atoms with E-state index in [-0.39, 0.29) is 12.5 Å². The lowest BCUT2D eigenvalue weighted by Crippen LogP contribution is -2.40. The maximum Gasteiger partial charge on any atom is 0.231 e. The zero-order chi connectivity index (χ0) is 7.40. The van der Waals surface area contributed by atoms with E-state index in [1.807, 2.05) is 0 Å². The lowest BCUT2D eigenvalue weighted by atomic mass is 10.5. The van der Waals surface area contributed by atoms with Crippen LogP contribution in [0.15, 0.2) is 0 Å². The van der Waals surface area contributed by atoms with Gasteiger partial charge < -0.3 is 15.2 Å². The van der Waals surface area contributed by atoms with Crippen LogP contribution in [0.1, 0.15) is 0 Å². The number of nitrogens with zero attached hydrogens (tertiary/aromatic N) is 1. The molecule has 0 aromatic carbocycles. The summed E-state index contributed by atoms with van der Waals surface area (Å²) < 4.78 is 9.76. The number of carbonyl (C=O) groups is 1. The molecule has 2 N–H and O–H groups in total. The number of hydrogen-bond donors (Lipinski definition) is 1. The Morgan fingerprint density at radius 3 is 2.60 bits per heavy atom. The highest BCUT2D eigenvalue weighted by Gasteiger charge is 2.11. The molecule has 1 amide bonds. The van der Waals surface area contributed by atoms with E-state index in [0.29, 0.717) is 20.3 Å². The van der Waals surface area contributed by atoms with Crippen LogP contribution >= 0.6 is 0 Å². The van der Waals surface area contributed by atoms with Crippen molar-refractivity contribution in [2.45, 2.75) is 0 Å². The van der Waals surface area contributed by atoms with Crippen molar-refractivity contribution in [3.8, 4) is 0 Å². The van der Waals surface area contributed by atoms with Crippen molar-refractivity contribution in [2.75, 3.05) is 26.8 Å². The summed E-state index contributed by atoms with van der Waals surface area (Å²) in [6.45, 7) is 1.33. The fourth-order valence-corrected chi connectivity index (χ4v) is 0.741. The molecule has 1 aliphatic heterocycles. The second-order valence-electron chi connectivity index (χ2n) is 2.08. The number of carbonyl (C=O) groups excluding carboxylic acids is 1. The minimum atomic E-state index is -0.367. The molecule has 5 nitrogen and oxygen atoms in total. The highest BCUT2D eigenvalue weighted by molar-refractivity contribution is 5.75. The van der Waals surface area contributed by atoms with Gasteiger partial charge in [0.2, 0.25) is 5.91 Å². The normalized spacial score (nSPS) is 20.8. The van der Waals surface area contributed by atoms with Gasteiger partial charge in [-0.1, -0.05) is 0 Å². The summed E-state index contributed by atoms with van der Waals surface area (Å²) in [4.78, 5) is 12.0. The number of hydrogen-bond acceptors (Lipinski definition) is 4. The first-order chi connectivity index (χ1) is 4.79. The summed E-state index contributed by atoms with van der Waals surface area (Å²) in [5.41, 5.74) is 4.93. The fraction of sp³-hybridized carbons (Fsp3) is 0.800. The predicted octanol–water partition coefficient (Wildman–Crippen LogP) is -1.31. The molecule has 1 heterocycles. The first-order valence-corrected chi connectivity index (χ1v) is 2.95. The van der Waals surface area contributed by atoms with Gasteiger partial charge in [0.1, 0.15) is 20.3 Å². The van der Waals surface area contributed by atoms with Crippen LogP contribution in [-0.4, -0.2) is 37.6 Å². The van der Waals surface area contributed by atoms with Crippen LogP contribution in [0.3, 0.4) is 0 Å². The zero-order valence-electron chi connectivity index (χ0n) is 5.58. The third kappa shape index (κ3) is 2.30. The topological polar surface area (TPSA) is 64.8 Å². The highest BCUT2D eigenvalue weighted by Crippen LogP contribution is 1.95.